The van der Waals surface area contributed by atoms with Gasteiger partial charge in [-0.2, -0.15) is 0 Å². The largest absolute Gasteiger partial charge is 0.480 e. The molecule has 1 aliphatic carbocycles. The van der Waals surface area contributed by atoms with Gasteiger partial charge in [-0.15, -0.1) is 0 Å². The number of benzene rings is 1. The SMILES string of the molecule is CN(CC1CC(O)C1)C(=O)N(CC(=O)O)c1ccccc1. The first kappa shape index (κ1) is 15.3. The molecule has 0 aliphatic heterocycles. The summed E-state index contributed by atoms with van der Waals surface area (Å²) in [5.74, 6) is -0.768. The van der Waals surface area contributed by atoms with Crippen molar-refractivity contribution in [2.45, 2.75) is 18.9 Å². The Bertz CT molecular complexity index is 500. The average Bonchev–Trinajstić information content (AvgIpc) is 2.43. The Morgan fingerprint density at radius 3 is 2.38 bits per heavy atom. The highest BCUT2D eigenvalue weighted by atomic mass is 16.4. The van der Waals surface area contributed by atoms with E-state index in [1.54, 1.807) is 31.3 Å². The third-order valence-electron chi connectivity index (χ3n) is 3.66. The summed E-state index contributed by atoms with van der Waals surface area (Å²) >= 11 is 0. The lowest BCUT2D eigenvalue weighted by Crippen LogP contribution is -2.47. The number of para-hydroxylation sites is 1. The van der Waals surface area contributed by atoms with E-state index in [2.05, 4.69) is 0 Å². The monoisotopic (exact) mass is 292 g/mol. The number of hydrogen-bond donors (Lipinski definition) is 2. The van der Waals surface area contributed by atoms with E-state index in [1.165, 1.54) is 9.80 Å². The van der Waals surface area contributed by atoms with Crippen molar-refractivity contribution in [3.05, 3.63) is 30.3 Å². The normalized spacial score (nSPS) is 20.5. The van der Waals surface area contributed by atoms with Crippen LogP contribution >= 0.6 is 0 Å². The molecule has 2 N–H and O–H groups in total. The van der Waals surface area contributed by atoms with Gasteiger partial charge in [0.1, 0.15) is 6.54 Å². The third-order valence-corrected chi connectivity index (χ3v) is 3.66. The molecule has 1 fully saturated rings. The van der Waals surface area contributed by atoms with Crippen molar-refractivity contribution >= 4 is 17.7 Å². The highest BCUT2D eigenvalue weighted by molar-refractivity contribution is 5.96. The van der Waals surface area contributed by atoms with E-state index in [0.29, 0.717) is 25.1 Å². The maximum atomic E-state index is 12.5. The molecule has 1 aromatic rings. The highest BCUT2D eigenvalue weighted by Crippen LogP contribution is 2.28. The first-order valence-corrected chi connectivity index (χ1v) is 6.95. The molecule has 0 aromatic heterocycles. The minimum atomic E-state index is -1.06. The Morgan fingerprint density at radius 2 is 1.86 bits per heavy atom. The van der Waals surface area contributed by atoms with Crippen molar-refractivity contribution in [2.75, 3.05) is 25.0 Å². The van der Waals surface area contributed by atoms with Crippen LogP contribution in [0.15, 0.2) is 30.3 Å². The summed E-state index contributed by atoms with van der Waals surface area (Å²) in [6.45, 7) is 0.152. The van der Waals surface area contributed by atoms with Crippen LogP contribution in [-0.2, 0) is 4.79 Å². The Morgan fingerprint density at radius 1 is 1.24 bits per heavy atom. The predicted octanol–water partition coefficient (Wildman–Crippen LogP) is 1.40. The number of hydrogen-bond acceptors (Lipinski definition) is 3. The molecule has 1 aliphatic rings. The first-order chi connectivity index (χ1) is 9.97. The predicted molar refractivity (Wildman–Crippen MR) is 78.2 cm³/mol. The second-order valence-electron chi connectivity index (χ2n) is 5.47. The first-order valence-electron chi connectivity index (χ1n) is 6.95. The van der Waals surface area contributed by atoms with Gasteiger partial charge in [-0.05, 0) is 30.9 Å². The summed E-state index contributed by atoms with van der Waals surface area (Å²) in [5.41, 5.74) is 0.561. The Balaban J connectivity index is 2.05. The number of amides is 2. The average molecular weight is 292 g/mol. The number of rotatable bonds is 5. The standard InChI is InChI=1S/C15H20N2O4/c1-16(9-11-7-13(18)8-11)15(21)17(10-14(19)20)12-5-3-2-4-6-12/h2-6,11,13,18H,7-10H2,1H3,(H,19,20). The molecule has 21 heavy (non-hydrogen) atoms. The molecule has 2 amide bonds. The van der Waals surface area contributed by atoms with E-state index in [1.807, 2.05) is 6.07 Å². The number of carboxylic acid groups (broad SMARTS) is 1. The number of urea groups is 1. The Labute approximate surface area is 123 Å². The highest BCUT2D eigenvalue weighted by Gasteiger charge is 2.30. The van der Waals surface area contributed by atoms with Gasteiger partial charge in [0.15, 0.2) is 0 Å². The summed E-state index contributed by atoms with van der Waals surface area (Å²) in [7, 11) is 1.66. The molecular formula is C15H20N2O4. The summed E-state index contributed by atoms with van der Waals surface area (Å²) in [5, 5.41) is 18.3. The van der Waals surface area contributed by atoms with Crippen molar-refractivity contribution in [2.24, 2.45) is 5.92 Å². The molecule has 0 radical (unpaired) electrons. The fourth-order valence-electron chi connectivity index (χ4n) is 2.53. The smallest absolute Gasteiger partial charge is 0.324 e. The summed E-state index contributed by atoms with van der Waals surface area (Å²) < 4.78 is 0. The van der Waals surface area contributed by atoms with E-state index in [0.717, 1.165) is 0 Å². The number of carbonyl (C=O) groups excluding carboxylic acids is 1. The molecule has 0 heterocycles. The van der Waals surface area contributed by atoms with Crippen LogP contribution in [-0.4, -0.2) is 53.4 Å². The van der Waals surface area contributed by atoms with Crippen LogP contribution in [0.4, 0.5) is 10.5 Å². The second kappa shape index (κ2) is 6.58. The molecule has 0 spiro atoms. The van der Waals surface area contributed by atoms with Gasteiger partial charge in [0.25, 0.3) is 0 Å². The maximum Gasteiger partial charge on any atom is 0.324 e. The van der Waals surface area contributed by atoms with Crippen molar-refractivity contribution in [3.8, 4) is 0 Å². The van der Waals surface area contributed by atoms with Crippen LogP contribution in [0.5, 0.6) is 0 Å². The fraction of sp³-hybridized carbons (Fsp3) is 0.467. The Kier molecular flexibility index (Phi) is 4.80. The van der Waals surface area contributed by atoms with Gasteiger partial charge in [0.2, 0.25) is 0 Å². The molecule has 0 unspecified atom stereocenters. The fourth-order valence-corrected chi connectivity index (χ4v) is 2.53. The molecule has 6 heteroatoms. The molecule has 6 nitrogen and oxygen atoms in total. The van der Waals surface area contributed by atoms with Gasteiger partial charge in [0.05, 0.1) is 6.10 Å². The topological polar surface area (TPSA) is 81.1 Å². The lowest BCUT2D eigenvalue weighted by molar-refractivity contribution is -0.135. The summed E-state index contributed by atoms with van der Waals surface area (Å²) in [6.07, 6.45) is 1.13. The second-order valence-corrected chi connectivity index (χ2v) is 5.47. The van der Waals surface area contributed by atoms with E-state index < -0.39 is 5.97 Å². The van der Waals surface area contributed by atoms with Crippen LogP contribution in [0.25, 0.3) is 0 Å². The van der Waals surface area contributed by atoms with E-state index in [9.17, 15) is 14.7 Å². The molecule has 0 atom stereocenters. The lowest BCUT2D eigenvalue weighted by atomic mass is 9.82. The maximum absolute atomic E-state index is 12.5. The zero-order valence-corrected chi connectivity index (χ0v) is 12.0. The number of carboxylic acids is 1. The van der Waals surface area contributed by atoms with Crippen molar-refractivity contribution in [1.82, 2.24) is 4.90 Å². The van der Waals surface area contributed by atoms with Crippen LogP contribution in [0.1, 0.15) is 12.8 Å². The van der Waals surface area contributed by atoms with Gasteiger partial charge >= 0.3 is 12.0 Å². The quantitative estimate of drug-likeness (QED) is 0.859. The molecule has 0 saturated heterocycles. The van der Waals surface area contributed by atoms with Crippen LogP contribution in [0.2, 0.25) is 0 Å². The number of carbonyl (C=O) groups is 2. The number of nitrogens with zero attached hydrogens (tertiary/aromatic N) is 2. The molecule has 1 aromatic carbocycles. The van der Waals surface area contributed by atoms with Crippen molar-refractivity contribution in [1.29, 1.82) is 0 Å². The third kappa shape index (κ3) is 3.95. The van der Waals surface area contributed by atoms with E-state index in [-0.39, 0.29) is 24.6 Å². The van der Waals surface area contributed by atoms with E-state index in [4.69, 9.17) is 5.11 Å². The summed E-state index contributed by atoms with van der Waals surface area (Å²) in [6, 6.07) is 8.42. The van der Waals surface area contributed by atoms with Gasteiger partial charge in [-0.1, -0.05) is 18.2 Å². The number of anilines is 1. The molecular weight excluding hydrogens is 272 g/mol. The van der Waals surface area contributed by atoms with E-state index >= 15 is 0 Å². The number of aliphatic carboxylic acids is 1. The van der Waals surface area contributed by atoms with Crippen LogP contribution in [0.3, 0.4) is 0 Å². The van der Waals surface area contributed by atoms with Gasteiger partial charge < -0.3 is 15.1 Å². The summed E-state index contributed by atoms with van der Waals surface area (Å²) in [4.78, 5) is 26.2. The van der Waals surface area contributed by atoms with Crippen molar-refractivity contribution < 1.29 is 19.8 Å². The van der Waals surface area contributed by atoms with Crippen LogP contribution in [0, 0.1) is 5.92 Å². The lowest BCUT2D eigenvalue weighted by Gasteiger charge is -2.36. The minimum absolute atomic E-state index is 0.261. The number of aliphatic hydroxyl groups excluding tert-OH is 1. The minimum Gasteiger partial charge on any atom is -0.480 e. The zero-order chi connectivity index (χ0) is 15.4. The zero-order valence-electron chi connectivity index (χ0n) is 12.0. The van der Waals surface area contributed by atoms with Gasteiger partial charge in [0, 0.05) is 19.3 Å². The molecule has 2 rings (SSSR count). The molecule has 0 bridgehead atoms. The van der Waals surface area contributed by atoms with Crippen molar-refractivity contribution in [3.63, 3.8) is 0 Å². The molecule has 114 valence electrons. The van der Waals surface area contributed by atoms with Gasteiger partial charge in [-0.25, -0.2) is 4.79 Å². The molecule has 1 saturated carbocycles. The Hall–Kier alpha value is -2.08. The van der Waals surface area contributed by atoms with Gasteiger partial charge in [-0.3, -0.25) is 9.69 Å². The van der Waals surface area contributed by atoms with Crippen LogP contribution < -0.4 is 4.90 Å². The number of aliphatic hydroxyl groups is 1.